The van der Waals surface area contributed by atoms with Crippen molar-refractivity contribution in [1.29, 1.82) is 0 Å². The zero-order valence-electron chi connectivity index (χ0n) is 48.8. The van der Waals surface area contributed by atoms with Gasteiger partial charge in [0, 0.05) is 10.8 Å². The average Bonchev–Trinajstić information content (AvgIpc) is 3.62. The molecule has 1 aliphatic rings. The molecule has 0 spiro atoms. The van der Waals surface area contributed by atoms with Gasteiger partial charge >= 0.3 is 13.3 Å². The van der Waals surface area contributed by atoms with Crippen molar-refractivity contribution in [3.05, 3.63) is 170 Å². The summed E-state index contributed by atoms with van der Waals surface area (Å²) in [4.78, 5) is 16.2. The van der Waals surface area contributed by atoms with Crippen LogP contribution in [0.1, 0.15) is 203 Å². The fourth-order valence-electron chi connectivity index (χ4n) is 10.9. The molecule has 5 aromatic carbocycles. The summed E-state index contributed by atoms with van der Waals surface area (Å²) in [6.45, 7) is 36.1. The van der Waals surface area contributed by atoms with Crippen LogP contribution in [0.25, 0.3) is 23.3 Å². The van der Waals surface area contributed by atoms with Crippen LogP contribution in [0, 0.1) is 33.5 Å². The summed E-state index contributed by atoms with van der Waals surface area (Å²) in [5.74, 6) is -0.125. The Hall–Kier alpha value is -5.21. The molecule has 0 amide bonds. The summed E-state index contributed by atoms with van der Waals surface area (Å²) in [6.07, 6.45) is 15.8. The predicted molar refractivity (Wildman–Crippen MR) is 312 cm³/mol. The van der Waals surface area contributed by atoms with E-state index in [0.29, 0.717) is 32.1 Å². The largest absolute Gasteiger partial charge is 0.494 e. The van der Waals surface area contributed by atoms with E-state index in [-0.39, 0.29) is 41.1 Å². The number of aryl methyl sites for hydroxylation is 5. The molecule has 0 bridgehead atoms. The highest BCUT2D eigenvalue weighted by Gasteiger charge is 2.51. The van der Waals surface area contributed by atoms with Gasteiger partial charge in [0.05, 0.1) is 22.4 Å². The van der Waals surface area contributed by atoms with E-state index in [1.165, 1.54) is 44.5 Å². The first-order chi connectivity index (χ1) is 35.4. The molecule has 0 saturated carbocycles. The Bertz CT molecular complexity index is 2720. The maximum absolute atomic E-state index is 14.6. The van der Waals surface area contributed by atoms with E-state index >= 15 is 0 Å². The minimum absolute atomic E-state index is 0.0605. The van der Waals surface area contributed by atoms with E-state index in [9.17, 15) is 14.6 Å². The van der Waals surface area contributed by atoms with Crippen LogP contribution >= 0.6 is 0 Å². The number of rotatable bonds is 19. The second-order valence-corrected chi connectivity index (χ2v) is 21.9. The van der Waals surface area contributed by atoms with Crippen LogP contribution in [0.4, 0.5) is 4.39 Å². The van der Waals surface area contributed by atoms with Crippen LogP contribution in [-0.4, -0.2) is 45.9 Å². The fraction of sp³-hybridized carbons (Fsp3) is 0.478. The molecule has 1 saturated heterocycles. The fourth-order valence-corrected chi connectivity index (χ4v) is 10.9. The van der Waals surface area contributed by atoms with Gasteiger partial charge in [-0.25, -0.2) is 4.39 Å². The number of hydrogen-bond acceptors (Lipinski definition) is 6. The topological polar surface area (TPSA) is 93.1 Å². The minimum Gasteiger partial charge on any atom is -0.399 e. The molecule has 404 valence electrons. The first-order valence-corrected chi connectivity index (χ1v) is 27.8. The second-order valence-electron chi connectivity index (χ2n) is 21.9. The van der Waals surface area contributed by atoms with Gasteiger partial charge in [0.25, 0.3) is 0 Å². The summed E-state index contributed by atoms with van der Waals surface area (Å²) in [5, 5.41) is 21.3. The number of aliphatic hydroxyl groups is 2. The average molecular weight is 1020 g/mol. The third-order valence-electron chi connectivity index (χ3n) is 17.5. The Balaban J connectivity index is 0.000000309. The standard InChI is InChI=1S/C35H45FO.C31H45BO3.CO2/c1-9-27-14-15-29(23-32(27)36)33-25(7)21-31(22-26(33)8)35(12-4,13-5)30-17-16-28(24(6)20-30)18-19-34(37,10-2)11-3;1-10-30(33,11-2)21-20-24-14-15-26(22-23(24)5)31(12-3,13-4)25-16-18-27(19-17-25)32-34-28(6,7)29(8,9)35-32;2-1-3/h14-23,37H,9-13H2,1-8H3;14-22,33H,10-13H2,1-9H3;/b19-18+;21-20+;. The molecule has 1 aliphatic heterocycles. The molecule has 1 heterocycles. The van der Waals surface area contributed by atoms with E-state index in [4.69, 9.17) is 18.9 Å². The van der Waals surface area contributed by atoms with Crippen molar-refractivity contribution in [1.82, 2.24) is 0 Å². The van der Waals surface area contributed by atoms with Crippen LogP contribution in [0.15, 0.2) is 103 Å². The molecule has 0 unspecified atom stereocenters. The van der Waals surface area contributed by atoms with Gasteiger partial charge in [0.2, 0.25) is 0 Å². The van der Waals surface area contributed by atoms with E-state index in [1.807, 2.05) is 52.8 Å². The third-order valence-corrected chi connectivity index (χ3v) is 17.5. The lowest BCUT2D eigenvalue weighted by Crippen LogP contribution is -2.41. The van der Waals surface area contributed by atoms with Gasteiger partial charge in [-0.1, -0.05) is 172 Å². The summed E-state index contributed by atoms with van der Waals surface area (Å²) in [5.41, 5.74) is 13.9. The number of carbonyl (C=O) groups excluding carboxylic acids is 2. The Morgan fingerprint density at radius 2 is 0.893 bits per heavy atom. The molecule has 0 atom stereocenters. The van der Waals surface area contributed by atoms with Crippen molar-refractivity contribution in [2.45, 2.75) is 209 Å². The molecule has 1 fully saturated rings. The first kappa shape index (κ1) is 62.3. The Kier molecular flexibility index (Phi) is 21.8. The van der Waals surface area contributed by atoms with Gasteiger partial charge < -0.3 is 19.5 Å². The molecule has 0 radical (unpaired) electrons. The molecule has 0 aromatic heterocycles. The van der Waals surface area contributed by atoms with Crippen LogP contribution in [-0.2, 0) is 36.1 Å². The zero-order chi connectivity index (χ0) is 56.2. The molecule has 6 rings (SSSR count). The van der Waals surface area contributed by atoms with Crippen LogP contribution < -0.4 is 5.46 Å². The number of halogens is 1. The normalized spacial score (nSPS) is 14.6. The SMILES string of the molecule is CCC(O)(/C=C/c1ccc(C(CC)(CC)c2ccc(B3OC(C)(C)C(C)(C)O3)cc2)cc1C)CC.CCc1ccc(-c2c(C)cc(C(CC)(CC)c3ccc(/C=C/C(O)(CC)CC)c(C)c3)cc2C)cc1F.O=C=O. The van der Waals surface area contributed by atoms with E-state index in [2.05, 4.69) is 174 Å². The molecule has 8 heteroatoms. The molecule has 2 N–H and O–H groups in total. The van der Waals surface area contributed by atoms with Crippen LogP contribution in [0.3, 0.4) is 0 Å². The summed E-state index contributed by atoms with van der Waals surface area (Å²) in [6, 6.07) is 32.7. The van der Waals surface area contributed by atoms with Gasteiger partial charge in [-0.05, 0) is 197 Å². The van der Waals surface area contributed by atoms with Gasteiger partial charge in [0.15, 0.2) is 0 Å². The van der Waals surface area contributed by atoms with Crippen molar-refractivity contribution in [2.24, 2.45) is 0 Å². The highest BCUT2D eigenvalue weighted by molar-refractivity contribution is 6.62. The highest BCUT2D eigenvalue weighted by atomic mass is 19.1. The van der Waals surface area contributed by atoms with Gasteiger partial charge in [-0.2, -0.15) is 9.59 Å². The first-order valence-electron chi connectivity index (χ1n) is 27.8. The maximum atomic E-state index is 14.6. The van der Waals surface area contributed by atoms with Crippen molar-refractivity contribution >= 4 is 30.9 Å². The van der Waals surface area contributed by atoms with Gasteiger partial charge in [-0.15, -0.1) is 0 Å². The van der Waals surface area contributed by atoms with Gasteiger partial charge in [0.1, 0.15) is 5.82 Å². The number of benzene rings is 5. The monoisotopic (exact) mass is 1020 g/mol. The predicted octanol–water partition coefficient (Wildman–Crippen LogP) is 16.0. The minimum atomic E-state index is -0.752. The van der Waals surface area contributed by atoms with Crippen molar-refractivity contribution < 1.29 is 33.5 Å². The maximum Gasteiger partial charge on any atom is 0.494 e. The molecular weight excluding hydrogens is 931 g/mol. The van der Waals surface area contributed by atoms with E-state index in [0.717, 1.165) is 59.0 Å². The van der Waals surface area contributed by atoms with Crippen molar-refractivity contribution in [3.63, 3.8) is 0 Å². The lowest BCUT2D eigenvalue weighted by Gasteiger charge is -2.35. The molecule has 0 aliphatic carbocycles. The lowest BCUT2D eigenvalue weighted by atomic mass is 9.69. The smallest absolute Gasteiger partial charge is 0.399 e. The van der Waals surface area contributed by atoms with E-state index < -0.39 is 11.2 Å². The molecule has 6 nitrogen and oxygen atoms in total. The molecular formula is C67H90BFO6. The van der Waals surface area contributed by atoms with Gasteiger partial charge in [-0.3, -0.25) is 0 Å². The van der Waals surface area contributed by atoms with E-state index in [1.54, 1.807) is 6.07 Å². The van der Waals surface area contributed by atoms with Crippen molar-refractivity contribution in [3.8, 4) is 11.1 Å². The summed E-state index contributed by atoms with van der Waals surface area (Å²) >= 11 is 0. The summed E-state index contributed by atoms with van der Waals surface area (Å²) < 4.78 is 27.1. The third kappa shape index (κ3) is 13.9. The number of hydrogen-bond donors (Lipinski definition) is 2. The quantitative estimate of drug-likeness (QED) is 0.0801. The summed E-state index contributed by atoms with van der Waals surface area (Å²) in [7, 11) is -0.343. The van der Waals surface area contributed by atoms with Crippen LogP contribution in [0.2, 0.25) is 0 Å². The Morgan fingerprint density at radius 1 is 0.520 bits per heavy atom. The zero-order valence-corrected chi connectivity index (χ0v) is 48.8. The van der Waals surface area contributed by atoms with Crippen LogP contribution in [0.5, 0.6) is 0 Å². The highest BCUT2D eigenvalue weighted by Crippen LogP contribution is 2.44. The lowest BCUT2D eigenvalue weighted by molar-refractivity contribution is -0.191. The Morgan fingerprint density at radius 3 is 1.24 bits per heavy atom. The molecule has 75 heavy (non-hydrogen) atoms. The second kappa shape index (κ2) is 26.2. The van der Waals surface area contributed by atoms with Crippen molar-refractivity contribution in [2.75, 3.05) is 0 Å². The molecule has 5 aromatic rings. The Labute approximate surface area is 452 Å².